The third-order valence-electron chi connectivity index (χ3n) is 3.70. The Labute approximate surface area is 154 Å². The van der Waals surface area contributed by atoms with Crippen molar-refractivity contribution in [2.75, 3.05) is 13.2 Å². The molecule has 1 heterocycles. The normalized spacial score (nSPS) is 11.3. The molecule has 7 heteroatoms. The average Bonchev–Trinajstić information content (AvgIpc) is 2.91. The molecule has 1 amide bonds. The van der Waals surface area contributed by atoms with Crippen LogP contribution in [0, 0.1) is 13.8 Å². The summed E-state index contributed by atoms with van der Waals surface area (Å²) in [5.74, 6) is 1.19. The number of aromatic nitrogens is 2. The van der Waals surface area contributed by atoms with Crippen molar-refractivity contribution in [2.45, 2.75) is 41.2 Å². The van der Waals surface area contributed by atoms with Crippen LogP contribution in [0.4, 0.5) is 0 Å². The molecule has 7 nitrogen and oxygen atoms in total. The van der Waals surface area contributed by atoms with Crippen molar-refractivity contribution < 1.29 is 14.3 Å². The Bertz CT molecular complexity index is 796. The number of aryl methyl sites for hydroxylation is 2. The van der Waals surface area contributed by atoms with Crippen LogP contribution >= 0.6 is 0 Å². The number of ether oxygens (including phenoxy) is 2. The second-order valence-electron chi connectivity index (χ2n) is 5.84. The first-order valence-electron chi connectivity index (χ1n) is 8.68. The van der Waals surface area contributed by atoms with Gasteiger partial charge in [0, 0.05) is 11.3 Å². The molecule has 0 spiro atoms. The summed E-state index contributed by atoms with van der Waals surface area (Å²) in [6, 6.07) is 7.49. The highest BCUT2D eigenvalue weighted by Crippen LogP contribution is 2.25. The summed E-state index contributed by atoms with van der Waals surface area (Å²) in [5, 5.41) is 8.49. The van der Waals surface area contributed by atoms with Crippen LogP contribution in [-0.4, -0.2) is 34.6 Å². The highest BCUT2D eigenvalue weighted by Gasteiger charge is 2.11. The van der Waals surface area contributed by atoms with Crippen LogP contribution in [0.5, 0.6) is 11.5 Å². The van der Waals surface area contributed by atoms with Gasteiger partial charge in [-0.25, -0.2) is 5.43 Å². The molecule has 0 fully saturated rings. The fourth-order valence-corrected chi connectivity index (χ4v) is 2.54. The molecule has 140 valence electrons. The number of nitrogens with one attached hydrogen (secondary N) is 1. The van der Waals surface area contributed by atoms with Crippen molar-refractivity contribution in [3.63, 3.8) is 0 Å². The first-order chi connectivity index (χ1) is 12.4. The fraction of sp³-hybridized carbons (Fsp3) is 0.421. The van der Waals surface area contributed by atoms with Gasteiger partial charge in [-0.3, -0.25) is 9.48 Å². The van der Waals surface area contributed by atoms with E-state index in [1.807, 2.05) is 58.9 Å². The lowest BCUT2D eigenvalue weighted by atomic mass is 10.1. The minimum absolute atomic E-state index is 0.119. The van der Waals surface area contributed by atoms with Gasteiger partial charge >= 0.3 is 0 Å². The van der Waals surface area contributed by atoms with Crippen molar-refractivity contribution in [2.24, 2.45) is 5.10 Å². The van der Waals surface area contributed by atoms with E-state index in [1.54, 1.807) is 4.68 Å². The van der Waals surface area contributed by atoms with E-state index in [1.165, 1.54) is 0 Å². The summed E-state index contributed by atoms with van der Waals surface area (Å²) in [7, 11) is 0. The maximum atomic E-state index is 12.2. The van der Waals surface area contributed by atoms with Gasteiger partial charge in [-0.05, 0) is 58.9 Å². The number of amides is 1. The monoisotopic (exact) mass is 358 g/mol. The van der Waals surface area contributed by atoms with Crippen molar-refractivity contribution in [3.05, 3.63) is 41.2 Å². The molecule has 0 radical (unpaired) electrons. The van der Waals surface area contributed by atoms with Gasteiger partial charge < -0.3 is 9.47 Å². The first-order valence-corrected chi connectivity index (χ1v) is 8.68. The Hall–Kier alpha value is -2.83. The largest absolute Gasteiger partial charge is 0.494 e. The number of carbonyl (C=O) groups is 1. The van der Waals surface area contributed by atoms with E-state index in [0.717, 1.165) is 22.7 Å². The van der Waals surface area contributed by atoms with E-state index < -0.39 is 0 Å². The average molecular weight is 358 g/mol. The zero-order chi connectivity index (χ0) is 19.1. The predicted molar refractivity (Wildman–Crippen MR) is 101 cm³/mol. The van der Waals surface area contributed by atoms with Crippen LogP contribution < -0.4 is 14.9 Å². The zero-order valence-corrected chi connectivity index (χ0v) is 16.0. The smallest absolute Gasteiger partial charge is 0.261 e. The SMILES string of the molecule is CCOc1ccc(OCC)c(/C(C)=N\NC(=O)Cn2nc(C)cc2C)c1. The molecule has 0 bridgehead atoms. The van der Waals surface area contributed by atoms with Crippen LogP contribution in [0.15, 0.2) is 29.4 Å². The van der Waals surface area contributed by atoms with Gasteiger partial charge in [-0.1, -0.05) is 0 Å². The number of hydrogen-bond acceptors (Lipinski definition) is 5. The number of carbonyl (C=O) groups excluding carboxylic acids is 1. The first kappa shape index (κ1) is 19.5. The molecule has 1 aromatic carbocycles. The minimum atomic E-state index is -0.241. The van der Waals surface area contributed by atoms with Gasteiger partial charge in [0.15, 0.2) is 0 Å². The Morgan fingerprint density at radius 1 is 1.19 bits per heavy atom. The Morgan fingerprint density at radius 2 is 1.92 bits per heavy atom. The van der Waals surface area contributed by atoms with Gasteiger partial charge in [0.05, 0.1) is 24.6 Å². The Morgan fingerprint density at radius 3 is 2.54 bits per heavy atom. The van der Waals surface area contributed by atoms with Crippen molar-refractivity contribution >= 4 is 11.6 Å². The van der Waals surface area contributed by atoms with E-state index in [2.05, 4.69) is 15.6 Å². The van der Waals surface area contributed by atoms with E-state index in [0.29, 0.717) is 24.7 Å². The molecule has 0 aliphatic heterocycles. The molecule has 0 aliphatic carbocycles. The summed E-state index contributed by atoms with van der Waals surface area (Å²) in [6.07, 6.45) is 0. The maximum absolute atomic E-state index is 12.2. The second kappa shape index (κ2) is 9.03. The Balaban J connectivity index is 2.13. The summed E-state index contributed by atoms with van der Waals surface area (Å²) >= 11 is 0. The molecule has 1 N–H and O–H groups in total. The van der Waals surface area contributed by atoms with Gasteiger partial charge in [-0.15, -0.1) is 0 Å². The molecule has 2 aromatic rings. The molecule has 0 saturated carbocycles. The van der Waals surface area contributed by atoms with Crippen LogP contribution in [0.2, 0.25) is 0 Å². The molecular weight excluding hydrogens is 332 g/mol. The molecule has 26 heavy (non-hydrogen) atoms. The third kappa shape index (κ3) is 5.08. The van der Waals surface area contributed by atoms with Gasteiger partial charge in [0.2, 0.25) is 0 Å². The van der Waals surface area contributed by atoms with Gasteiger partial charge in [0.25, 0.3) is 5.91 Å². The van der Waals surface area contributed by atoms with Crippen LogP contribution in [0.25, 0.3) is 0 Å². The van der Waals surface area contributed by atoms with E-state index in [-0.39, 0.29) is 12.5 Å². The van der Waals surface area contributed by atoms with Crippen molar-refractivity contribution in [1.82, 2.24) is 15.2 Å². The summed E-state index contributed by atoms with van der Waals surface area (Å²) < 4.78 is 12.8. The third-order valence-corrected chi connectivity index (χ3v) is 3.70. The quantitative estimate of drug-likeness (QED) is 0.581. The predicted octanol–water partition coefficient (Wildman–Crippen LogP) is 2.84. The lowest BCUT2D eigenvalue weighted by molar-refractivity contribution is -0.121. The van der Waals surface area contributed by atoms with E-state index >= 15 is 0 Å². The number of hydrazone groups is 1. The summed E-state index contributed by atoms with van der Waals surface area (Å²) in [5.41, 5.74) is 5.81. The van der Waals surface area contributed by atoms with Crippen molar-refractivity contribution in [3.8, 4) is 11.5 Å². The standard InChI is InChI=1S/C19H26N4O3/c1-6-25-16-8-9-18(26-7-2)17(11-16)15(5)20-21-19(24)12-23-14(4)10-13(3)22-23/h8-11H,6-7,12H2,1-5H3,(H,21,24)/b20-15-. The molecule has 0 atom stereocenters. The molecular formula is C19H26N4O3. The number of benzene rings is 1. The lowest BCUT2D eigenvalue weighted by Gasteiger charge is -2.12. The summed E-state index contributed by atoms with van der Waals surface area (Å²) in [4.78, 5) is 12.2. The highest BCUT2D eigenvalue weighted by molar-refractivity contribution is 6.02. The minimum Gasteiger partial charge on any atom is -0.494 e. The molecule has 2 rings (SSSR count). The zero-order valence-electron chi connectivity index (χ0n) is 16.0. The van der Waals surface area contributed by atoms with Crippen molar-refractivity contribution in [1.29, 1.82) is 0 Å². The molecule has 0 unspecified atom stereocenters. The van der Waals surface area contributed by atoms with Crippen LogP contribution in [0.1, 0.15) is 37.7 Å². The number of nitrogens with zero attached hydrogens (tertiary/aromatic N) is 3. The topological polar surface area (TPSA) is 77.7 Å². The molecule has 0 aliphatic rings. The van der Waals surface area contributed by atoms with E-state index in [4.69, 9.17) is 9.47 Å². The second-order valence-corrected chi connectivity index (χ2v) is 5.84. The Kier molecular flexibility index (Phi) is 6.77. The van der Waals surface area contributed by atoms with Crippen LogP contribution in [0.3, 0.4) is 0 Å². The summed E-state index contributed by atoms with van der Waals surface area (Å²) in [6.45, 7) is 10.7. The lowest BCUT2D eigenvalue weighted by Crippen LogP contribution is -2.25. The number of rotatable bonds is 8. The maximum Gasteiger partial charge on any atom is 0.261 e. The van der Waals surface area contributed by atoms with Crippen LogP contribution in [-0.2, 0) is 11.3 Å². The van der Waals surface area contributed by atoms with Gasteiger partial charge in [-0.2, -0.15) is 10.2 Å². The highest BCUT2D eigenvalue weighted by atomic mass is 16.5. The fourth-order valence-electron chi connectivity index (χ4n) is 2.54. The molecule has 0 saturated heterocycles. The van der Waals surface area contributed by atoms with E-state index in [9.17, 15) is 4.79 Å². The van der Waals surface area contributed by atoms with Gasteiger partial charge in [0.1, 0.15) is 18.0 Å². The number of hydrogen-bond donors (Lipinski definition) is 1. The molecule has 1 aromatic heterocycles.